The number of benzene rings is 2. The minimum absolute atomic E-state index is 0.108. The van der Waals surface area contributed by atoms with E-state index in [0.29, 0.717) is 21.9 Å². The van der Waals surface area contributed by atoms with Crippen LogP contribution in [0, 0.1) is 0 Å². The number of hydrogen-bond donors (Lipinski definition) is 0. The molecular formula is C21H14N4O2S. The molecule has 0 saturated heterocycles. The molecule has 7 heteroatoms. The van der Waals surface area contributed by atoms with Crippen LogP contribution in [0.5, 0.6) is 0 Å². The standard InChI is InChI=1S/C21H14N4O2S/c26-21-19-16(11-17(28-19)14-7-3-1-4-8-14)22-13-25(21)12-18-23-20(27-24-18)15-9-5-2-6-10-15/h1-11,13H,12H2. The summed E-state index contributed by atoms with van der Waals surface area (Å²) in [4.78, 5) is 22.7. The lowest BCUT2D eigenvalue weighted by atomic mass is 10.2. The Balaban J connectivity index is 1.48. The largest absolute Gasteiger partial charge is 0.334 e. The molecule has 2 aromatic carbocycles. The van der Waals surface area contributed by atoms with Crippen LogP contribution in [0.15, 0.2) is 82.4 Å². The summed E-state index contributed by atoms with van der Waals surface area (Å²) in [6.07, 6.45) is 1.53. The van der Waals surface area contributed by atoms with Crippen molar-refractivity contribution < 1.29 is 4.52 Å². The summed E-state index contributed by atoms with van der Waals surface area (Å²) in [5.74, 6) is 0.863. The van der Waals surface area contributed by atoms with Gasteiger partial charge in [0.15, 0.2) is 5.82 Å². The number of thiophene rings is 1. The number of hydrogen-bond acceptors (Lipinski definition) is 6. The fourth-order valence-corrected chi connectivity index (χ4v) is 4.04. The molecule has 0 fully saturated rings. The van der Waals surface area contributed by atoms with Crippen molar-refractivity contribution in [3.8, 4) is 21.9 Å². The molecule has 28 heavy (non-hydrogen) atoms. The normalized spacial score (nSPS) is 11.1. The second-order valence-electron chi connectivity index (χ2n) is 6.25. The van der Waals surface area contributed by atoms with E-state index in [0.717, 1.165) is 16.0 Å². The molecule has 0 aliphatic carbocycles. The molecule has 0 atom stereocenters. The van der Waals surface area contributed by atoms with Gasteiger partial charge in [-0.25, -0.2) is 4.98 Å². The summed E-state index contributed by atoms with van der Waals surface area (Å²) in [5.41, 5.74) is 2.50. The quantitative estimate of drug-likeness (QED) is 0.462. The van der Waals surface area contributed by atoms with Gasteiger partial charge in [-0.1, -0.05) is 53.7 Å². The fraction of sp³-hybridized carbons (Fsp3) is 0.0476. The van der Waals surface area contributed by atoms with E-state index >= 15 is 0 Å². The van der Waals surface area contributed by atoms with Crippen LogP contribution in [0.2, 0.25) is 0 Å². The lowest BCUT2D eigenvalue weighted by molar-refractivity contribution is 0.420. The molecule has 0 amide bonds. The highest BCUT2D eigenvalue weighted by Gasteiger charge is 2.13. The molecule has 3 heterocycles. The summed E-state index contributed by atoms with van der Waals surface area (Å²) in [5, 5.41) is 3.99. The summed E-state index contributed by atoms with van der Waals surface area (Å²) >= 11 is 1.44. The molecule has 0 unspecified atom stereocenters. The highest BCUT2D eigenvalue weighted by molar-refractivity contribution is 7.22. The molecule has 0 bridgehead atoms. The topological polar surface area (TPSA) is 73.8 Å². The van der Waals surface area contributed by atoms with E-state index in [1.807, 2.05) is 66.7 Å². The average Bonchev–Trinajstić information content (AvgIpc) is 3.39. The van der Waals surface area contributed by atoms with E-state index in [4.69, 9.17) is 4.52 Å². The van der Waals surface area contributed by atoms with E-state index < -0.39 is 0 Å². The van der Waals surface area contributed by atoms with Crippen molar-refractivity contribution in [3.05, 3.63) is 89.2 Å². The highest BCUT2D eigenvalue weighted by atomic mass is 32.1. The number of fused-ring (bicyclic) bond motifs is 1. The average molecular weight is 386 g/mol. The van der Waals surface area contributed by atoms with Crippen LogP contribution in [0.25, 0.3) is 32.1 Å². The predicted molar refractivity (Wildman–Crippen MR) is 108 cm³/mol. The third-order valence-corrected chi connectivity index (χ3v) is 5.52. The Hall–Kier alpha value is -3.58. The zero-order chi connectivity index (χ0) is 18.9. The van der Waals surface area contributed by atoms with Crippen molar-refractivity contribution >= 4 is 21.6 Å². The van der Waals surface area contributed by atoms with Crippen molar-refractivity contribution in [2.24, 2.45) is 0 Å². The Bertz CT molecular complexity index is 1310. The van der Waals surface area contributed by atoms with Crippen LogP contribution >= 0.6 is 11.3 Å². The number of aromatic nitrogens is 4. The molecule has 5 rings (SSSR count). The monoisotopic (exact) mass is 386 g/mol. The Morgan fingerprint density at radius 3 is 2.43 bits per heavy atom. The predicted octanol–water partition coefficient (Wildman–Crippen LogP) is 4.22. The van der Waals surface area contributed by atoms with E-state index in [1.165, 1.54) is 22.2 Å². The van der Waals surface area contributed by atoms with Gasteiger partial charge in [-0.05, 0) is 23.8 Å². The van der Waals surface area contributed by atoms with Crippen molar-refractivity contribution in [2.75, 3.05) is 0 Å². The third kappa shape index (κ3) is 3.01. The van der Waals surface area contributed by atoms with Crippen LogP contribution in [-0.4, -0.2) is 19.7 Å². The van der Waals surface area contributed by atoms with Gasteiger partial charge in [0.25, 0.3) is 11.4 Å². The number of nitrogens with zero attached hydrogens (tertiary/aromatic N) is 4. The first kappa shape index (κ1) is 16.6. The maximum Gasteiger partial charge on any atom is 0.271 e. The molecule has 0 N–H and O–H groups in total. The minimum atomic E-state index is -0.108. The van der Waals surface area contributed by atoms with Gasteiger partial charge < -0.3 is 4.52 Å². The SMILES string of the molecule is O=c1c2sc(-c3ccccc3)cc2ncn1Cc1noc(-c2ccccc2)n1. The smallest absolute Gasteiger partial charge is 0.271 e. The summed E-state index contributed by atoms with van der Waals surface area (Å²) in [6.45, 7) is 0.205. The molecule has 3 aromatic heterocycles. The van der Waals surface area contributed by atoms with E-state index in [2.05, 4.69) is 15.1 Å². The van der Waals surface area contributed by atoms with Crippen LogP contribution in [0.1, 0.15) is 5.82 Å². The van der Waals surface area contributed by atoms with Crippen molar-refractivity contribution in [1.82, 2.24) is 19.7 Å². The number of rotatable bonds is 4. The summed E-state index contributed by atoms with van der Waals surface area (Å²) in [6, 6.07) is 21.4. The molecule has 0 aliphatic heterocycles. The maximum absolute atomic E-state index is 12.9. The van der Waals surface area contributed by atoms with Gasteiger partial charge in [0, 0.05) is 10.4 Å². The molecule has 5 aromatic rings. The molecule has 6 nitrogen and oxygen atoms in total. The maximum atomic E-state index is 12.9. The summed E-state index contributed by atoms with van der Waals surface area (Å²) in [7, 11) is 0. The highest BCUT2D eigenvalue weighted by Crippen LogP contribution is 2.30. The van der Waals surface area contributed by atoms with Crippen molar-refractivity contribution in [1.29, 1.82) is 0 Å². The lowest BCUT2D eigenvalue weighted by Crippen LogP contribution is -2.20. The minimum Gasteiger partial charge on any atom is -0.334 e. The van der Waals surface area contributed by atoms with Crippen molar-refractivity contribution in [3.63, 3.8) is 0 Å². The van der Waals surface area contributed by atoms with Crippen LogP contribution in [-0.2, 0) is 6.54 Å². The third-order valence-electron chi connectivity index (χ3n) is 4.36. The molecule has 0 aliphatic rings. The van der Waals surface area contributed by atoms with Gasteiger partial charge in [0.2, 0.25) is 0 Å². The van der Waals surface area contributed by atoms with Gasteiger partial charge in [0.05, 0.1) is 18.4 Å². The Labute approximate surface area is 163 Å². The van der Waals surface area contributed by atoms with Gasteiger partial charge >= 0.3 is 0 Å². The zero-order valence-electron chi connectivity index (χ0n) is 14.6. The first-order chi connectivity index (χ1) is 13.8. The Kier molecular flexibility index (Phi) is 4.06. The Morgan fingerprint density at radius 2 is 1.68 bits per heavy atom. The van der Waals surface area contributed by atoms with Crippen LogP contribution < -0.4 is 5.56 Å². The second-order valence-corrected chi connectivity index (χ2v) is 7.30. The summed E-state index contributed by atoms with van der Waals surface area (Å²) < 4.78 is 7.44. The first-order valence-corrected chi connectivity index (χ1v) is 9.52. The van der Waals surface area contributed by atoms with Gasteiger partial charge in [-0.15, -0.1) is 11.3 Å². The van der Waals surface area contributed by atoms with Crippen LogP contribution in [0.3, 0.4) is 0 Å². The van der Waals surface area contributed by atoms with Gasteiger partial charge in [-0.2, -0.15) is 4.98 Å². The lowest BCUT2D eigenvalue weighted by Gasteiger charge is -2.00. The van der Waals surface area contributed by atoms with E-state index in [9.17, 15) is 4.79 Å². The second kappa shape index (κ2) is 6.86. The zero-order valence-corrected chi connectivity index (χ0v) is 15.5. The van der Waals surface area contributed by atoms with Crippen molar-refractivity contribution in [2.45, 2.75) is 6.54 Å². The Morgan fingerprint density at radius 1 is 0.964 bits per heavy atom. The molecule has 0 saturated carbocycles. The van der Waals surface area contributed by atoms with Gasteiger partial charge in [0.1, 0.15) is 4.70 Å². The van der Waals surface area contributed by atoms with E-state index in [1.54, 1.807) is 0 Å². The van der Waals surface area contributed by atoms with Crippen LogP contribution in [0.4, 0.5) is 0 Å². The van der Waals surface area contributed by atoms with E-state index in [-0.39, 0.29) is 12.1 Å². The molecule has 0 spiro atoms. The fourth-order valence-electron chi connectivity index (χ4n) is 2.97. The molecule has 0 radical (unpaired) electrons. The van der Waals surface area contributed by atoms with Gasteiger partial charge in [-0.3, -0.25) is 9.36 Å². The first-order valence-electron chi connectivity index (χ1n) is 8.70. The molecular weight excluding hydrogens is 372 g/mol. The molecule has 136 valence electrons.